The molecule has 0 aromatic heterocycles. The Morgan fingerprint density at radius 1 is 1.19 bits per heavy atom. The van der Waals surface area contributed by atoms with E-state index >= 15 is 0 Å². The number of nitrogens with zero attached hydrogens (tertiary/aromatic N) is 1. The van der Waals surface area contributed by atoms with Crippen LogP contribution in [0, 0.1) is 5.92 Å². The maximum atomic E-state index is 13.8. The standard InChI is InChI=1S/C24H34N2O5/c1-16(2)15-19(23(29)31-4)25-21(27)20-17-9-5-6-10-18(17)22(28)26(13-14-30-3)24(20)11-7-8-12-24/h5-6,9-10,16,19-20H,7-8,11-15H2,1-4H3,(H,25,27)/t19-,20?/m0/s1. The highest BCUT2D eigenvalue weighted by molar-refractivity contribution is 6.02. The number of ether oxygens (including phenoxy) is 2. The van der Waals surface area contributed by atoms with E-state index in [1.54, 1.807) is 13.2 Å². The molecular formula is C24H34N2O5. The number of rotatable bonds is 8. The Labute approximate surface area is 184 Å². The number of hydrogen-bond donors (Lipinski definition) is 1. The number of benzene rings is 1. The molecule has 0 saturated heterocycles. The van der Waals surface area contributed by atoms with Gasteiger partial charge >= 0.3 is 5.97 Å². The van der Waals surface area contributed by atoms with Crippen molar-refractivity contribution in [3.8, 4) is 0 Å². The van der Waals surface area contributed by atoms with Gasteiger partial charge in [0.25, 0.3) is 5.91 Å². The molecule has 0 radical (unpaired) electrons. The van der Waals surface area contributed by atoms with Crippen LogP contribution < -0.4 is 5.32 Å². The van der Waals surface area contributed by atoms with Gasteiger partial charge in [0, 0.05) is 19.2 Å². The molecule has 170 valence electrons. The van der Waals surface area contributed by atoms with Crippen molar-refractivity contribution in [3.05, 3.63) is 35.4 Å². The number of methoxy groups -OCH3 is 2. The average Bonchev–Trinajstić information content (AvgIpc) is 3.22. The molecule has 31 heavy (non-hydrogen) atoms. The third-order valence-corrected chi connectivity index (χ3v) is 6.58. The average molecular weight is 431 g/mol. The third-order valence-electron chi connectivity index (χ3n) is 6.58. The lowest BCUT2D eigenvalue weighted by molar-refractivity contribution is -0.146. The summed E-state index contributed by atoms with van der Waals surface area (Å²) in [6.45, 7) is 4.84. The summed E-state index contributed by atoms with van der Waals surface area (Å²) in [6.07, 6.45) is 3.90. The molecule has 1 unspecified atom stereocenters. The molecule has 2 aliphatic rings. The summed E-state index contributed by atoms with van der Waals surface area (Å²) in [7, 11) is 2.95. The van der Waals surface area contributed by atoms with E-state index in [0.29, 0.717) is 25.1 Å². The van der Waals surface area contributed by atoms with Crippen LogP contribution in [0.2, 0.25) is 0 Å². The van der Waals surface area contributed by atoms with Crippen LogP contribution in [0.1, 0.15) is 67.8 Å². The Hall–Kier alpha value is -2.41. The smallest absolute Gasteiger partial charge is 0.328 e. The Kier molecular flexibility index (Phi) is 7.36. The quantitative estimate of drug-likeness (QED) is 0.641. The lowest BCUT2D eigenvalue weighted by atomic mass is 9.71. The molecule has 2 amide bonds. The van der Waals surface area contributed by atoms with E-state index in [9.17, 15) is 14.4 Å². The van der Waals surface area contributed by atoms with Crippen molar-refractivity contribution >= 4 is 17.8 Å². The van der Waals surface area contributed by atoms with Crippen LogP contribution >= 0.6 is 0 Å². The van der Waals surface area contributed by atoms with E-state index in [2.05, 4.69) is 5.32 Å². The Morgan fingerprint density at radius 2 is 1.87 bits per heavy atom. The summed E-state index contributed by atoms with van der Waals surface area (Å²) in [4.78, 5) is 41.4. The van der Waals surface area contributed by atoms with Crippen LogP contribution in [0.3, 0.4) is 0 Å². The summed E-state index contributed by atoms with van der Waals surface area (Å²) in [5.74, 6) is -1.05. The van der Waals surface area contributed by atoms with Crippen LogP contribution in [0.15, 0.2) is 24.3 Å². The topological polar surface area (TPSA) is 84.9 Å². The summed E-state index contributed by atoms with van der Waals surface area (Å²) < 4.78 is 10.2. The molecule has 7 nitrogen and oxygen atoms in total. The minimum Gasteiger partial charge on any atom is -0.467 e. The van der Waals surface area contributed by atoms with Crippen molar-refractivity contribution < 1.29 is 23.9 Å². The molecule has 1 N–H and O–H groups in total. The fourth-order valence-corrected chi connectivity index (χ4v) is 5.26. The number of hydrogen-bond acceptors (Lipinski definition) is 5. The van der Waals surface area contributed by atoms with E-state index < -0.39 is 23.5 Å². The Balaban J connectivity index is 2.04. The fourth-order valence-electron chi connectivity index (χ4n) is 5.26. The zero-order valence-corrected chi connectivity index (χ0v) is 19.0. The molecule has 1 saturated carbocycles. The number of fused-ring (bicyclic) bond motifs is 1. The third kappa shape index (κ3) is 4.47. The van der Waals surface area contributed by atoms with E-state index in [0.717, 1.165) is 31.2 Å². The van der Waals surface area contributed by atoms with Gasteiger partial charge in [0.05, 0.1) is 25.2 Å². The second-order valence-electron chi connectivity index (χ2n) is 8.99. The van der Waals surface area contributed by atoms with Gasteiger partial charge in [-0.25, -0.2) is 4.79 Å². The predicted octanol–water partition coefficient (Wildman–Crippen LogP) is 2.89. The van der Waals surface area contributed by atoms with Crippen LogP contribution in [0.4, 0.5) is 0 Å². The van der Waals surface area contributed by atoms with Crippen molar-refractivity contribution in [2.24, 2.45) is 5.92 Å². The van der Waals surface area contributed by atoms with Gasteiger partial charge in [0.15, 0.2) is 0 Å². The Bertz CT molecular complexity index is 816. The van der Waals surface area contributed by atoms with Gasteiger partial charge in [-0.05, 0) is 36.8 Å². The normalized spacial score (nSPS) is 20.6. The van der Waals surface area contributed by atoms with E-state index in [1.807, 2.05) is 36.9 Å². The molecule has 1 spiro atoms. The highest BCUT2D eigenvalue weighted by Crippen LogP contribution is 2.50. The van der Waals surface area contributed by atoms with E-state index in [1.165, 1.54) is 7.11 Å². The van der Waals surface area contributed by atoms with Crippen molar-refractivity contribution in [2.45, 2.75) is 63.5 Å². The second kappa shape index (κ2) is 9.81. The van der Waals surface area contributed by atoms with Gasteiger partial charge in [0.1, 0.15) is 6.04 Å². The number of carbonyl (C=O) groups excluding carboxylic acids is 3. The zero-order chi connectivity index (χ0) is 22.6. The Morgan fingerprint density at radius 3 is 2.48 bits per heavy atom. The lowest BCUT2D eigenvalue weighted by Crippen LogP contribution is -2.62. The number of nitrogens with one attached hydrogen (secondary N) is 1. The molecule has 0 bridgehead atoms. The largest absolute Gasteiger partial charge is 0.467 e. The summed E-state index contributed by atoms with van der Waals surface area (Å²) in [5.41, 5.74) is 0.690. The first-order valence-corrected chi connectivity index (χ1v) is 11.1. The van der Waals surface area contributed by atoms with Crippen LogP contribution in [0.25, 0.3) is 0 Å². The molecule has 1 aromatic rings. The maximum Gasteiger partial charge on any atom is 0.328 e. The molecule has 7 heteroatoms. The van der Waals surface area contributed by atoms with Gasteiger partial charge < -0.3 is 19.7 Å². The minimum atomic E-state index is -0.715. The van der Waals surface area contributed by atoms with Crippen molar-refractivity contribution in [1.29, 1.82) is 0 Å². The monoisotopic (exact) mass is 430 g/mol. The van der Waals surface area contributed by atoms with Crippen LogP contribution in [-0.4, -0.2) is 61.6 Å². The number of esters is 1. The number of carbonyl (C=O) groups is 3. The van der Waals surface area contributed by atoms with Gasteiger partial charge in [-0.2, -0.15) is 0 Å². The summed E-state index contributed by atoms with van der Waals surface area (Å²) in [6, 6.07) is 6.63. The first kappa shape index (κ1) is 23.3. The molecule has 1 heterocycles. The van der Waals surface area contributed by atoms with E-state index in [-0.39, 0.29) is 17.7 Å². The van der Waals surface area contributed by atoms with Gasteiger partial charge in [-0.3, -0.25) is 9.59 Å². The molecular weight excluding hydrogens is 396 g/mol. The molecule has 1 aromatic carbocycles. The number of amides is 2. The van der Waals surface area contributed by atoms with Crippen molar-refractivity contribution in [2.75, 3.05) is 27.4 Å². The van der Waals surface area contributed by atoms with E-state index in [4.69, 9.17) is 9.47 Å². The zero-order valence-electron chi connectivity index (χ0n) is 19.0. The molecule has 1 aliphatic heterocycles. The van der Waals surface area contributed by atoms with Crippen LogP contribution in [-0.2, 0) is 19.1 Å². The highest BCUT2D eigenvalue weighted by atomic mass is 16.5. The highest BCUT2D eigenvalue weighted by Gasteiger charge is 2.55. The van der Waals surface area contributed by atoms with Gasteiger partial charge in [0.2, 0.25) is 5.91 Å². The SMILES string of the molecule is COCCN1C(=O)c2ccccc2C(C(=O)N[C@@H](CC(C)C)C(=O)OC)C12CCCC2. The molecule has 3 rings (SSSR count). The lowest BCUT2D eigenvalue weighted by Gasteiger charge is -2.50. The summed E-state index contributed by atoms with van der Waals surface area (Å²) in [5, 5.41) is 2.97. The molecule has 1 fully saturated rings. The summed E-state index contributed by atoms with van der Waals surface area (Å²) >= 11 is 0. The first-order valence-electron chi connectivity index (χ1n) is 11.1. The minimum absolute atomic E-state index is 0.0506. The molecule has 2 atom stereocenters. The second-order valence-corrected chi connectivity index (χ2v) is 8.99. The fraction of sp³-hybridized carbons (Fsp3) is 0.625. The van der Waals surface area contributed by atoms with Gasteiger partial charge in [-0.15, -0.1) is 0 Å². The van der Waals surface area contributed by atoms with Crippen LogP contribution in [0.5, 0.6) is 0 Å². The van der Waals surface area contributed by atoms with Crippen molar-refractivity contribution in [1.82, 2.24) is 10.2 Å². The maximum absolute atomic E-state index is 13.8. The van der Waals surface area contributed by atoms with Crippen molar-refractivity contribution in [3.63, 3.8) is 0 Å². The first-order chi connectivity index (χ1) is 14.9. The molecule has 1 aliphatic carbocycles. The predicted molar refractivity (Wildman–Crippen MR) is 117 cm³/mol. The van der Waals surface area contributed by atoms with Gasteiger partial charge in [-0.1, -0.05) is 44.9 Å².